The maximum Gasteiger partial charge on any atom is 0.252 e. The maximum atomic E-state index is 12.7. The van der Waals surface area contributed by atoms with E-state index >= 15 is 0 Å². The Kier molecular flexibility index (Phi) is 8.95. The molecule has 2 amide bonds. The summed E-state index contributed by atoms with van der Waals surface area (Å²) in [6, 6.07) is 7.11. The van der Waals surface area contributed by atoms with Gasteiger partial charge in [0.2, 0.25) is 5.91 Å². The fourth-order valence-electron chi connectivity index (χ4n) is 3.24. The average Bonchev–Trinajstić information content (AvgIpc) is 2.86. The summed E-state index contributed by atoms with van der Waals surface area (Å²) in [5.74, 6) is -0.222. The molecule has 0 spiro atoms. The van der Waals surface area contributed by atoms with Crippen molar-refractivity contribution in [2.24, 2.45) is 0 Å². The highest BCUT2D eigenvalue weighted by molar-refractivity contribution is 14.1. The molecule has 0 bridgehead atoms. The Balaban J connectivity index is 1.98. The van der Waals surface area contributed by atoms with Crippen LogP contribution in [0.2, 0.25) is 0 Å². The van der Waals surface area contributed by atoms with Crippen LogP contribution in [0.15, 0.2) is 24.3 Å². The number of nitrogens with zero attached hydrogens (tertiary/aromatic N) is 2. The lowest BCUT2D eigenvalue weighted by molar-refractivity contribution is -0.130. The van der Waals surface area contributed by atoms with Gasteiger partial charge in [-0.2, -0.15) is 0 Å². The van der Waals surface area contributed by atoms with Crippen LogP contribution in [0.25, 0.3) is 0 Å². The molecule has 1 heterocycles. The van der Waals surface area contributed by atoms with E-state index in [1.165, 1.54) is 19.3 Å². The average molecular weight is 501 g/mol. The third kappa shape index (κ3) is 6.14. The SMILES string of the molecule is CCCCCCCN1C(=S)N(CC)C(=O)C1CC(=O)Nc1ccc(I)cc1. The molecule has 1 aliphatic heterocycles. The van der Waals surface area contributed by atoms with Gasteiger partial charge in [0.1, 0.15) is 6.04 Å². The van der Waals surface area contributed by atoms with Crippen LogP contribution in [0.5, 0.6) is 0 Å². The van der Waals surface area contributed by atoms with E-state index in [1.54, 1.807) is 4.90 Å². The molecule has 1 unspecified atom stereocenters. The number of hydrogen-bond acceptors (Lipinski definition) is 3. The molecule has 148 valence electrons. The lowest BCUT2D eigenvalue weighted by atomic mass is 10.1. The Labute approximate surface area is 181 Å². The zero-order valence-corrected chi connectivity index (χ0v) is 19.0. The molecular formula is C20H28IN3O2S. The van der Waals surface area contributed by atoms with Crippen molar-refractivity contribution in [2.75, 3.05) is 18.4 Å². The van der Waals surface area contributed by atoms with E-state index in [2.05, 4.69) is 34.8 Å². The number of carbonyl (C=O) groups is 2. The molecule has 1 atom stereocenters. The first kappa shape index (κ1) is 22.1. The quantitative estimate of drug-likeness (QED) is 0.293. The molecule has 1 aromatic rings. The molecule has 1 fully saturated rings. The van der Waals surface area contributed by atoms with Gasteiger partial charge in [-0.3, -0.25) is 14.5 Å². The molecule has 1 saturated heterocycles. The lowest BCUT2D eigenvalue weighted by Gasteiger charge is -2.23. The smallest absolute Gasteiger partial charge is 0.252 e. The van der Waals surface area contributed by atoms with Gasteiger partial charge in [-0.15, -0.1) is 0 Å². The Bertz CT molecular complexity index is 666. The summed E-state index contributed by atoms with van der Waals surface area (Å²) < 4.78 is 1.11. The Morgan fingerprint density at radius 2 is 1.81 bits per heavy atom. The molecule has 0 aliphatic carbocycles. The van der Waals surface area contributed by atoms with Gasteiger partial charge in [0, 0.05) is 22.3 Å². The van der Waals surface area contributed by atoms with Crippen LogP contribution in [0.4, 0.5) is 5.69 Å². The van der Waals surface area contributed by atoms with E-state index in [9.17, 15) is 9.59 Å². The predicted octanol–water partition coefficient (Wildman–Crippen LogP) is 4.41. The summed E-state index contributed by atoms with van der Waals surface area (Å²) >= 11 is 7.73. The van der Waals surface area contributed by atoms with Crippen LogP contribution >= 0.6 is 34.8 Å². The molecule has 0 aromatic heterocycles. The molecule has 0 radical (unpaired) electrons. The number of anilines is 1. The second-order valence-corrected chi connectivity index (χ2v) is 8.36. The van der Waals surface area contributed by atoms with E-state index in [0.29, 0.717) is 11.7 Å². The van der Waals surface area contributed by atoms with Gasteiger partial charge >= 0.3 is 0 Å². The van der Waals surface area contributed by atoms with E-state index in [0.717, 1.165) is 28.6 Å². The number of carbonyl (C=O) groups excluding carboxylic acids is 2. The number of benzene rings is 1. The summed E-state index contributed by atoms with van der Waals surface area (Å²) in [5.41, 5.74) is 0.743. The normalized spacial score (nSPS) is 16.9. The number of unbranched alkanes of at least 4 members (excludes halogenated alkanes) is 4. The lowest BCUT2D eigenvalue weighted by Crippen LogP contribution is -2.38. The highest BCUT2D eigenvalue weighted by Gasteiger charge is 2.42. The molecular weight excluding hydrogens is 473 g/mol. The number of halogens is 1. The van der Waals surface area contributed by atoms with Crippen LogP contribution in [-0.4, -0.2) is 45.9 Å². The van der Waals surface area contributed by atoms with Crippen molar-refractivity contribution in [1.82, 2.24) is 9.80 Å². The Morgan fingerprint density at radius 1 is 1.15 bits per heavy atom. The summed E-state index contributed by atoms with van der Waals surface area (Å²) in [6.45, 7) is 5.37. The second kappa shape index (κ2) is 10.9. The van der Waals surface area contributed by atoms with Gasteiger partial charge in [0.05, 0.1) is 6.42 Å². The number of amides is 2. The summed E-state index contributed by atoms with van der Waals surface area (Å²) in [6.07, 6.45) is 5.85. The minimum Gasteiger partial charge on any atom is -0.336 e. The van der Waals surface area contributed by atoms with Crippen LogP contribution in [0.3, 0.4) is 0 Å². The van der Waals surface area contributed by atoms with E-state index in [1.807, 2.05) is 36.1 Å². The molecule has 5 nitrogen and oxygen atoms in total. The van der Waals surface area contributed by atoms with Crippen LogP contribution in [0, 0.1) is 3.57 Å². The fourth-order valence-corrected chi connectivity index (χ4v) is 4.04. The highest BCUT2D eigenvalue weighted by atomic mass is 127. The monoisotopic (exact) mass is 501 g/mol. The van der Waals surface area contributed by atoms with E-state index in [4.69, 9.17) is 12.2 Å². The van der Waals surface area contributed by atoms with Crippen molar-refractivity contribution in [1.29, 1.82) is 0 Å². The van der Waals surface area contributed by atoms with Gasteiger partial charge in [-0.25, -0.2) is 0 Å². The fraction of sp³-hybridized carbons (Fsp3) is 0.550. The van der Waals surface area contributed by atoms with Crippen molar-refractivity contribution in [2.45, 2.75) is 58.4 Å². The zero-order valence-electron chi connectivity index (χ0n) is 16.0. The van der Waals surface area contributed by atoms with Crippen molar-refractivity contribution in [3.05, 3.63) is 27.8 Å². The van der Waals surface area contributed by atoms with E-state index < -0.39 is 6.04 Å². The molecule has 27 heavy (non-hydrogen) atoms. The van der Waals surface area contributed by atoms with Crippen molar-refractivity contribution in [3.8, 4) is 0 Å². The predicted molar refractivity (Wildman–Crippen MR) is 122 cm³/mol. The van der Waals surface area contributed by atoms with Gasteiger partial charge in [-0.05, 0) is 72.4 Å². The van der Waals surface area contributed by atoms with Crippen LogP contribution < -0.4 is 5.32 Å². The zero-order chi connectivity index (χ0) is 19.8. The number of nitrogens with one attached hydrogen (secondary N) is 1. The Hall–Kier alpha value is -1.22. The van der Waals surface area contributed by atoms with Gasteiger partial charge in [0.25, 0.3) is 5.91 Å². The Morgan fingerprint density at radius 3 is 2.44 bits per heavy atom. The highest BCUT2D eigenvalue weighted by Crippen LogP contribution is 2.22. The molecule has 1 N–H and O–H groups in total. The maximum absolute atomic E-state index is 12.7. The van der Waals surface area contributed by atoms with Crippen molar-refractivity contribution < 1.29 is 9.59 Å². The standard InChI is InChI=1S/C20H28IN3O2S/c1-3-5-6-7-8-13-24-17(19(26)23(4-2)20(24)27)14-18(25)22-16-11-9-15(21)10-12-16/h9-12,17H,3-8,13-14H2,1-2H3,(H,22,25). The topological polar surface area (TPSA) is 52.7 Å². The second-order valence-electron chi connectivity index (χ2n) is 6.75. The number of thiocarbonyl (C=S) groups is 1. The summed E-state index contributed by atoms with van der Waals surface area (Å²) in [4.78, 5) is 28.8. The van der Waals surface area contributed by atoms with Gasteiger partial charge in [0.15, 0.2) is 5.11 Å². The minimum absolute atomic E-state index is 0.0613. The molecule has 1 aromatic carbocycles. The number of hydrogen-bond donors (Lipinski definition) is 1. The minimum atomic E-state index is -0.493. The molecule has 0 saturated carbocycles. The molecule has 1 aliphatic rings. The van der Waals surface area contributed by atoms with Crippen LogP contribution in [0.1, 0.15) is 52.4 Å². The van der Waals surface area contributed by atoms with Gasteiger partial charge in [-0.1, -0.05) is 32.6 Å². The summed E-state index contributed by atoms with van der Waals surface area (Å²) in [7, 11) is 0. The molecule has 7 heteroatoms. The third-order valence-electron chi connectivity index (χ3n) is 4.73. The van der Waals surface area contributed by atoms with E-state index in [-0.39, 0.29) is 18.2 Å². The number of rotatable bonds is 10. The first-order chi connectivity index (χ1) is 13.0. The third-order valence-corrected chi connectivity index (χ3v) is 5.90. The van der Waals surface area contributed by atoms with Crippen LogP contribution in [-0.2, 0) is 9.59 Å². The largest absolute Gasteiger partial charge is 0.336 e. The first-order valence-electron chi connectivity index (χ1n) is 9.65. The summed E-state index contributed by atoms with van der Waals surface area (Å²) in [5, 5.41) is 3.45. The van der Waals surface area contributed by atoms with Gasteiger partial charge < -0.3 is 10.2 Å². The first-order valence-corrected chi connectivity index (χ1v) is 11.1. The van der Waals surface area contributed by atoms with Crippen molar-refractivity contribution >= 4 is 57.4 Å². The number of likely N-dealkylation sites (N-methyl/N-ethyl adjacent to an activating group) is 1. The van der Waals surface area contributed by atoms with Crippen molar-refractivity contribution in [3.63, 3.8) is 0 Å². The molecule has 2 rings (SSSR count).